The third kappa shape index (κ3) is 4.83. The maximum Gasteiger partial charge on any atom is 0.234 e. The first-order chi connectivity index (χ1) is 7.22. The first-order valence-corrected chi connectivity index (χ1v) is 5.53. The van der Waals surface area contributed by atoms with Gasteiger partial charge in [-0.1, -0.05) is 13.0 Å². The van der Waals surface area contributed by atoms with Crippen molar-refractivity contribution >= 4 is 5.91 Å². The zero-order valence-electron chi connectivity index (χ0n) is 9.13. The van der Waals surface area contributed by atoms with Crippen molar-refractivity contribution in [1.82, 2.24) is 5.32 Å². The summed E-state index contributed by atoms with van der Waals surface area (Å²) in [6, 6.07) is 0. The number of ether oxygens (including phenoxy) is 1. The van der Waals surface area contributed by atoms with Crippen molar-refractivity contribution in [2.45, 2.75) is 38.2 Å². The van der Waals surface area contributed by atoms with Crippen molar-refractivity contribution in [3.05, 3.63) is 12.3 Å². The average molecular weight is 212 g/mol. The summed E-state index contributed by atoms with van der Waals surface area (Å²) in [6.45, 7) is 4.16. The Morgan fingerprint density at radius 2 is 2.07 bits per heavy atom. The Morgan fingerprint density at radius 3 is 2.67 bits per heavy atom. The third-order valence-electron chi connectivity index (χ3n) is 2.55. The predicted octanol–water partition coefficient (Wildman–Crippen LogP) is 0.924. The fourth-order valence-electron chi connectivity index (χ4n) is 1.73. The van der Waals surface area contributed by atoms with E-state index in [1.54, 1.807) is 0 Å². The Labute approximate surface area is 90.9 Å². The van der Waals surface area contributed by atoms with Crippen LogP contribution in [0, 0.1) is 0 Å². The van der Waals surface area contributed by atoms with E-state index in [9.17, 15) is 4.79 Å². The molecule has 0 heterocycles. The summed E-state index contributed by atoms with van der Waals surface area (Å²) in [6.07, 6.45) is 6.26. The van der Waals surface area contributed by atoms with Gasteiger partial charge in [0.15, 0.2) is 0 Å². The number of rotatable bonds is 5. The van der Waals surface area contributed by atoms with E-state index in [4.69, 9.17) is 10.5 Å². The fourth-order valence-corrected chi connectivity index (χ4v) is 1.73. The second kappa shape index (κ2) is 6.45. The molecule has 0 saturated heterocycles. The molecule has 1 saturated carbocycles. The zero-order valence-corrected chi connectivity index (χ0v) is 9.13. The van der Waals surface area contributed by atoms with Crippen molar-refractivity contribution < 1.29 is 9.53 Å². The number of nitrogens with two attached hydrogens (primary N) is 1. The van der Waals surface area contributed by atoms with E-state index in [-0.39, 0.29) is 12.5 Å². The molecule has 1 fully saturated rings. The van der Waals surface area contributed by atoms with Crippen LogP contribution in [0.25, 0.3) is 0 Å². The fraction of sp³-hybridized carbons (Fsp3) is 0.727. The largest absolute Gasteiger partial charge is 0.494 e. The minimum absolute atomic E-state index is 0.0106. The topological polar surface area (TPSA) is 64.4 Å². The molecular weight excluding hydrogens is 192 g/mol. The van der Waals surface area contributed by atoms with Crippen LogP contribution in [0.3, 0.4) is 0 Å². The van der Waals surface area contributed by atoms with E-state index < -0.39 is 0 Å². The number of hydrogen-bond acceptors (Lipinski definition) is 3. The molecule has 0 aromatic carbocycles. The van der Waals surface area contributed by atoms with Crippen LogP contribution >= 0.6 is 0 Å². The molecule has 15 heavy (non-hydrogen) atoms. The van der Waals surface area contributed by atoms with Crippen LogP contribution in [-0.4, -0.2) is 25.1 Å². The molecule has 4 heteroatoms. The molecule has 1 amide bonds. The van der Waals surface area contributed by atoms with Gasteiger partial charge in [0, 0.05) is 0 Å². The maximum absolute atomic E-state index is 10.9. The summed E-state index contributed by atoms with van der Waals surface area (Å²) in [5, 5.41) is 2.63. The highest BCUT2D eigenvalue weighted by Gasteiger charge is 2.15. The van der Waals surface area contributed by atoms with E-state index in [0.29, 0.717) is 18.4 Å². The van der Waals surface area contributed by atoms with Crippen molar-refractivity contribution in [2.75, 3.05) is 13.1 Å². The molecule has 0 unspecified atom stereocenters. The lowest BCUT2D eigenvalue weighted by Crippen LogP contribution is -2.32. The SMILES string of the molecule is C=C(CNC(=O)CN)OC1CCCCC1. The number of hydrogen-bond donors (Lipinski definition) is 2. The van der Waals surface area contributed by atoms with Gasteiger partial charge in [0.05, 0.1) is 19.2 Å². The van der Waals surface area contributed by atoms with E-state index in [2.05, 4.69) is 11.9 Å². The summed E-state index contributed by atoms with van der Waals surface area (Å²) in [5.41, 5.74) is 5.16. The summed E-state index contributed by atoms with van der Waals surface area (Å²) in [4.78, 5) is 10.9. The molecule has 0 spiro atoms. The Balaban J connectivity index is 2.14. The van der Waals surface area contributed by atoms with Crippen molar-refractivity contribution in [1.29, 1.82) is 0 Å². The molecule has 4 nitrogen and oxygen atoms in total. The number of carbonyl (C=O) groups excluding carboxylic acids is 1. The highest BCUT2D eigenvalue weighted by molar-refractivity contribution is 5.77. The van der Waals surface area contributed by atoms with Gasteiger partial charge in [-0.3, -0.25) is 4.79 Å². The number of carbonyl (C=O) groups is 1. The highest BCUT2D eigenvalue weighted by Crippen LogP contribution is 2.21. The molecule has 0 bridgehead atoms. The molecule has 0 atom stereocenters. The van der Waals surface area contributed by atoms with Gasteiger partial charge in [-0.15, -0.1) is 0 Å². The van der Waals surface area contributed by atoms with Gasteiger partial charge in [0.1, 0.15) is 5.76 Å². The maximum atomic E-state index is 10.9. The second-order valence-electron chi connectivity index (χ2n) is 3.90. The van der Waals surface area contributed by atoms with Crippen LogP contribution in [0.15, 0.2) is 12.3 Å². The normalized spacial score (nSPS) is 17.1. The van der Waals surface area contributed by atoms with Gasteiger partial charge < -0.3 is 15.8 Å². The monoisotopic (exact) mass is 212 g/mol. The Morgan fingerprint density at radius 1 is 1.40 bits per heavy atom. The van der Waals surface area contributed by atoms with Gasteiger partial charge in [0.25, 0.3) is 0 Å². The smallest absolute Gasteiger partial charge is 0.234 e. The Kier molecular flexibility index (Phi) is 5.18. The summed E-state index contributed by atoms with van der Waals surface area (Å²) in [5.74, 6) is 0.451. The summed E-state index contributed by atoms with van der Waals surface area (Å²) >= 11 is 0. The van der Waals surface area contributed by atoms with Gasteiger partial charge in [-0.05, 0) is 25.7 Å². The molecule has 0 aliphatic heterocycles. The number of amides is 1. The first-order valence-electron chi connectivity index (χ1n) is 5.53. The molecule has 86 valence electrons. The van der Waals surface area contributed by atoms with Crippen LogP contribution in [0.4, 0.5) is 0 Å². The molecule has 0 aromatic rings. The minimum atomic E-state index is -0.177. The molecule has 3 N–H and O–H groups in total. The van der Waals surface area contributed by atoms with E-state index in [0.717, 1.165) is 12.8 Å². The minimum Gasteiger partial charge on any atom is -0.494 e. The van der Waals surface area contributed by atoms with Gasteiger partial charge in [-0.2, -0.15) is 0 Å². The molecule has 1 rings (SSSR count). The molecule has 1 aliphatic carbocycles. The van der Waals surface area contributed by atoms with E-state index in [1.807, 2.05) is 0 Å². The molecule has 0 radical (unpaired) electrons. The van der Waals surface area contributed by atoms with Crippen molar-refractivity contribution in [2.24, 2.45) is 5.73 Å². The van der Waals surface area contributed by atoms with Crippen LogP contribution in [0.2, 0.25) is 0 Å². The molecular formula is C11H20N2O2. The van der Waals surface area contributed by atoms with Crippen LogP contribution in [0.5, 0.6) is 0 Å². The molecule has 0 aromatic heterocycles. The second-order valence-corrected chi connectivity index (χ2v) is 3.90. The summed E-state index contributed by atoms with van der Waals surface area (Å²) < 4.78 is 5.64. The quantitative estimate of drug-likeness (QED) is 0.666. The van der Waals surface area contributed by atoms with Gasteiger partial charge >= 0.3 is 0 Å². The first kappa shape index (κ1) is 12.0. The van der Waals surface area contributed by atoms with Crippen LogP contribution < -0.4 is 11.1 Å². The van der Waals surface area contributed by atoms with Crippen LogP contribution in [-0.2, 0) is 9.53 Å². The Bertz CT molecular complexity index is 223. The highest BCUT2D eigenvalue weighted by atomic mass is 16.5. The lowest BCUT2D eigenvalue weighted by Gasteiger charge is -2.24. The lowest BCUT2D eigenvalue weighted by atomic mass is 9.98. The standard InChI is InChI=1S/C11H20N2O2/c1-9(8-13-11(14)7-12)15-10-5-3-2-4-6-10/h10H,1-8,12H2,(H,13,14). The van der Waals surface area contributed by atoms with E-state index in [1.165, 1.54) is 19.3 Å². The van der Waals surface area contributed by atoms with Gasteiger partial charge in [0.2, 0.25) is 5.91 Å². The Hall–Kier alpha value is -1.03. The van der Waals surface area contributed by atoms with E-state index >= 15 is 0 Å². The third-order valence-corrected chi connectivity index (χ3v) is 2.55. The predicted molar refractivity (Wildman–Crippen MR) is 59.2 cm³/mol. The average Bonchev–Trinajstić information content (AvgIpc) is 2.27. The number of nitrogens with one attached hydrogen (secondary N) is 1. The van der Waals surface area contributed by atoms with Crippen molar-refractivity contribution in [3.8, 4) is 0 Å². The lowest BCUT2D eigenvalue weighted by molar-refractivity contribution is -0.119. The van der Waals surface area contributed by atoms with Crippen LogP contribution in [0.1, 0.15) is 32.1 Å². The van der Waals surface area contributed by atoms with Crippen molar-refractivity contribution in [3.63, 3.8) is 0 Å². The van der Waals surface area contributed by atoms with Gasteiger partial charge in [-0.25, -0.2) is 0 Å². The summed E-state index contributed by atoms with van der Waals surface area (Å²) in [7, 11) is 0. The zero-order chi connectivity index (χ0) is 11.1. The molecule has 1 aliphatic rings.